The van der Waals surface area contributed by atoms with Crippen LogP contribution in [-0.4, -0.2) is 31.5 Å². The predicted octanol–water partition coefficient (Wildman–Crippen LogP) is 2.44. The van der Waals surface area contributed by atoms with E-state index in [0.717, 1.165) is 36.9 Å². The average molecular weight is 281 g/mol. The van der Waals surface area contributed by atoms with Crippen LogP contribution in [0.1, 0.15) is 36.9 Å². The molecule has 1 aromatic rings. The molecule has 0 radical (unpaired) electrons. The highest BCUT2D eigenvalue weighted by Crippen LogP contribution is 2.35. The second-order valence-electron chi connectivity index (χ2n) is 5.44. The van der Waals surface area contributed by atoms with Crippen molar-refractivity contribution in [3.63, 3.8) is 0 Å². The lowest BCUT2D eigenvalue weighted by molar-refractivity contribution is 0.0899. The standard InChI is InChI=1S/C16H24FNO2/c1-12-6-7-13-14(4-2-5-15(13)17)16(12)18-8-3-10-20-11-9-19/h2,4-5,12,16,18-19H,3,6-11H2,1H3. The van der Waals surface area contributed by atoms with Gasteiger partial charge in [-0.2, -0.15) is 0 Å². The van der Waals surface area contributed by atoms with Crippen molar-refractivity contribution in [3.8, 4) is 0 Å². The second kappa shape index (κ2) is 7.72. The van der Waals surface area contributed by atoms with Gasteiger partial charge in [0.25, 0.3) is 0 Å². The van der Waals surface area contributed by atoms with Crippen molar-refractivity contribution in [2.75, 3.05) is 26.4 Å². The molecule has 0 aromatic heterocycles. The summed E-state index contributed by atoms with van der Waals surface area (Å²) in [5.74, 6) is 0.440. The highest BCUT2D eigenvalue weighted by Gasteiger charge is 2.27. The number of benzene rings is 1. The van der Waals surface area contributed by atoms with Gasteiger partial charge in [0.15, 0.2) is 0 Å². The fourth-order valence-electron chi connectivity index (χ4n) is 2.89. The van der Waals surface area contributed by atoms with Crippen LogP contribution >= 0.6 is 0 Å². The minimum Gasteiger partial charge on any atom is -0.394 e. The maximum atomic E-state index is 13.8. The van der Waals surface area contributed by atoms with Crippen molar-refractivity contribution in [3.05, 3.63) is 35.1 Å². The molecule has 0 fully saturated rings. The zero-order valence-corrected chi connectivity index (χ0v) is 12.1. The largest absolute Gasteiger partial charge is 0.394 e. The average Bonchev–Trinajstić information content (AvgIpc) is 2.45. The summed E-state index contributed by atoms with van der Waals surface area (Å²) in [6.07, 6.45) is 2.75. The van der Waals surface area contributed by atoms with Gasteiger partial charge in [-0.15, -0.1) is 0 Å². The molecule has 0 saturated heterocycles. The molecule has 2 rings (SSSR count). The molecule has 1 aliphatic carbocycles. The normalized spacial score (nSPS) is 21.8. The Morgan fingerprint density at radius 2 is 2.25 bits per heavy atom. The van der Waals surface area contributed by atoms with Gasteiger partial charge in [-0.25, -0.2) is 4.39 Å². The monoisotopic (exact) mass is 281 g/mol. The third kappa shape index (κ3) is 3.78. The molecule has 0 spiro atoms. The molecule has 0 heterocycles. The van der Waals surface area contributed by atoms with Crippen LogP contribution in [0.15, 0.2) is 18.2 Å². The summed E-state index contributed by atoms with van der Waals surface area (Å²) in [6, 6.07) is 5.61. The van der Waals surface area contributed by atoms with E-state index in [0.29, 0.717) is 19.1 Å². The van der Waals surface area contributed by atoms with E-state index in [1.807, 2.05) is 6.07 Å². The summed E-state index contributed by atoms with van der Waals surface area (Å²) in [7, 11) is 0. The summed E-state index contributed by atoms with van der Waals surface area (Å²) < 4.78 is 19.1. The van der Waals surface area contributed by atoms with Crippen molar-refractivity contribution in [1.82, 2.24) is 5.32 Å². The quantitative estimate of drug-likeness (QED) is 0.754. The minimum atomic E-state index is -0.0764. The molecular weight excluding hydrogens is 257 g/mol. The number of aliphatic hydroxyl groups is 1. The van der Waals surface area contributed by atoms with Gasteiger partial charge >= 0.3 is 0 Å². The van der Waals surface area contributed by atoms with Crippen LogP contribution in [0.3, 0.4) is 0 Å². The smallest absolute Gasteiger partial charge is 0.126 e. The zero-order chi connectivity index (χ0) is 14.4. The molecule has 0 amide bonds. The van der Waals surface area contributed by atoms with Gasteiger partial charge in [-0.1, -0.05) is 19.1 Å². The molecule has 0 saturated carbocycles. The van der Waals surface area contributed by atoms with Crippen molar-refractivity contribution < 1.29 is 14.2 Å². The molecule has 2 atom stereocenters. The first kappa shape index (κ1) is 15.4. The maximum Gasteiger partial charge on any atom is 0.126 e. The molecule has 1 aliphatic rings. The Morgan fingerprint density at radius 1 is 1.40 bits per heavy atom. The minimum absolute atomic E-state index is 0.0692. The summed E-state index contributed by atoms with van der Waals surface area (Å²) in [4.78, 5) is 0. The van der Waals surface area contributed by atoms with E-state index < -0.39 is 0 Å². The number of aliphatic hydroxyl groups excluding tert-OH is 1. The van der Waals surface area contributed by atoms with Crippen LogP contribution < -0.4 is 5.32 Å². The highest BCUT2D eigenvalue weighted by molar-refractivity contribution is 5.34. The van der Waals surface area contributed by atoms with Crippen LogP contribution in [0.25, 0.3) is 0 Å². The summed E-state index contributed by atoms with van der Waals surface area (Å²) in [6.45, 7) is 4.17. The molecule has 20 heavy (non-hydrogen) atoms. The summed E-state index contributed by atoms with van der Waals surface area (Å²) in [5.41, 5.74) is 1.99. The van der Waals surface area contributed by atoms with Crippen molar-refractivity contribution in [2.24, 2.45) is 5.92 Å². The fourth-order valence-corrected chi connectivity index (χ4v) is 2.89. The third-order valence-electron chi connectivity index (χ3n) is 3.97. The zero-order valence-electron chi connectivity index (χ0n) is 12.1. The predicted molar refractivity (Wildman–Crippen MR) is 77.2 cm³/mol. The summed E-state index contributed by atoms with van der Waals surface area (Å²) >= 11 is 0. The number of hydrogen-bond donors (Lipinski definition) is 2. The number of ether oxygens (including phenoxy) is 1. The Morgan fingerprint density at radius 3 is 3.05 bits per heavy atom. The van der Waals surface area contributed by atoms with E-state index in [2.05, 4.69) is 12.2 Å². The molecule has 2 N–H and O–H groups in total. The van der Waals surface area contributed by atoms with Crippen molar-refractivity contribution >= 4 is 0 Å². The van der Waals surface area contributed by atoms with Crippen molar-refractivity contribution in [1.29, 1.82) is 0 Å². The van der Waals surface area contributed by atoms with E-state index >= 15 is 0 Å². The maximum absolute atomic E-state index is 13.8. The highest BCUT2D eigenvalue weighted by atomic mass is 19.1. The van der Waals surface area contributed by atoms with Gasteiger partial charge in [0.2, 0.25) is 0 Å². The number of hydrogen-bond acceptors (Lipinski definition) is 3. The second-order valence-corrected chi connectivity index (χ2v) is 5.44. The van der Waals surface area contributed by atoms with Crippen LogP contribution in [-0.2, 0) is 11.2 Å². The van der Waals surface area contributed by atoms with E-state index in [1.54, 1.807) is 12.1 Å². The van der Waals surface area contributed by atoms with Gasteiger partial charge < -0.3 is 15.2 Å². The van der Waals surface area contributed by atoms with Gasteiger partial charge in [0.1, 0.15) is 5.82 Å². The number of rotatable bonds is 7. The van der Waals surface area contributed by atoms with Crippen LogP contribution in [0.4, 0.5) is 4.39 Å². The van der Waals surface area contributed by atoms with Gasteiger partial charge in [0, 0.05) is 12.6 Å². The first-order chi connectivity index (χ1) is 9.74. The van der Waals surface area contributed by atoms with Gasteiger partial charge in [0.05, 0.1) is 13.2 Å². The lowest BCUT2D eigenvalue weighted by Gasteiger charge is -2.32. The molecule has 2 unspecified atom stereocenters. The lowest BCUT2D eigenvalue weighted by atomic mass is 9.80. The molecule has 4 heteroatoms. The van der Waals surface area contributed by atoms with Gasteiger partial charge in [-0.3, -0.25) is 0 Å². The topological polar surface area (TPSA) is 41.5 Å². The lowest BCUT2D eigenvalue weighted by Crippen LogP contribution is -2.32. The Hall–Kier alpha value is -0.970. The van der Waals surface area contributed by atoms with E-state index in [1.165, 1.54) is 0 Å². The molecule has 1 aromatic carbocycles. The van der Waals surface area contributed by atoms with Crippen LogP contribution in [0.5, 0.6) is 0 Å². The Bertz CT molecular complexity index is 425. The Labute approximate surface area is 120 Å². The molecule has 0 aliphatic heterocycles. The Kier molecular flexibility index (Phi) is 5.95. The van der Waals surface area contributed by atoms with Crippen LogP contribution in [0, 0.1) is 11.7 Å². The fraction of sp³-hybridized carbons (Fsp3) is 0.625. The number of halogens is 1. The molecule has 0 bridgehead atoms. The Balaban J connectivity index is 1.89. The van der Waals surface area contributed by atoms with E-state index in [4.69, 9.17) is 9.84 Å². The van der Waals surface area contributed by atoms with Crippen molar-refractivity contribution in [2.45, 2.75) is 32.2 Å². The molecular formula is C16H24FNO2. The third-order valence-corrected chi connectivity index (χ3v) is 3.97. The first-order valence-electron chi connectivity index (χ1n) is 7.43. The summed E-state index contributed by atoms with van der Waals surface area (Å²) in [5, 5.41) is 12.1. The van der Waals surface area contributed by atoms with E-state index in [-0.39, 0.29) is 18.5 Å². The van der Waals surface area contributed by atoms with Crippen LogP contribution in [0.2, 0.25) is 0 Å². The van der Waals surface area contributed by atoms with E-state index in [9.17, 15) is 4.39 Å². The molecule has 112 valence electrons. The number of fused-ring (bicyclic) bond motifs is 1. The van der Waals surface area contributed by atoms with Gasteiger partial charge in [-0.05, 0) is 48.9 Å². The first-order valence-corrected chi connectivity index (χ1v) is 7.43. The SMILES string of the molecule is CC1CCc2c(F)cccc2C1NCCCOCCO. The molecule has 3 nitrogen and oxygen atoms in total. The number of nitrogens with one attached hydrogen (secondary N) is 1.